The molecule has 72 valence electrons. The fourth-order valence-electron chi connectivity index (χ4n) is 0.766. The highest BCUT2D eigenvalue weighted by atomic mass is 35.5. The van der Waals surface area contributed by atoms with Crippen LogP contribution in [0.4, 0.5) is 0 Å². The number of unbranched alkanes of at least 4 members (excludes halogenated alkanes) is 2. The van der Waals surface area contributed by atoms with Crippen molar-refractivity contribution in [1.82, 2.24) is 0 Å². The molecule has 0 aliphatic carbocycles. The van der Waals surface area contributed by atoms with E-state index in [0.29, 0.717) is 18.9 Å². The molecule has 0 heterocycles. The topological polar surface area (TPSA) is 26.3 Å². The van der Waals surface area contributed by atoms with Crippen LogP contribution in [0.15, 0.2) is 0 Å². The van der Waals surface area contributed by atoms with Crippen molar-refractivity contribution in [2.45, 2.75) is 39.0 Å². The van der Waals surface area contributed by atoms with Crippen molar-refractivity contribution in [1.29, 1.82) is 0 Å². The Morgan fingerprint density at radius 1 is 1.33 bits per heavy atom. The first kappa shape index (κ1) is 11.8. The van der Waals surface area contributed by atoms with E-state index in [-0.39, 0.29) is 5.97 Å². The summed E-state index contributed by atoms with van der Waals surface area (Å²) >= 11 is 5.46. The summed E-state index contributed by atoms with van der Waals surface area (Å²) in [6.07, 6.45) is 4.27. The Labute approximate surface area is 79.2 Å². The summed E-state index contributed by atoms with van der Waals surface area (Å²) in [6, 6.07) is 0. The molecule has 12 heavy (non-hydrogen) atoms. The van der Waals surface area contributed by atoms with Crippen molar-refractivity contribution in [3.05, 3.63) is 0 Å². The van der Waals surface area contributed by atoms with Crippen LogP contribution in [0.5, 0.6) is 0 Å². The normalized spacial score (nSPS) is 9.83. The highest BCUT2D eigenvalue weighted by Crippen LogP contribution is 1.99. The molecule has 0 saturated heterocycles. The van der Waals surface area contributed by atoms with Crippen molar-refractivity contribution in [2.24, 2.45) is 0 Å². The summed E-state index contributed by atoms with van der Waals surface area (Å²) in [5.41, 5.74) is 0. The molecule has 2 nitrogen and oxygen atoms in total. The average Bonchev–Trinajstić information content (AvgIpc) is 2.06. The minimum absolute atomic E-state index is 0.0893. The van der Waals surface area contributed by atoms with Crippen LogP contribution in [0.25, 0.3) is 0 Å². The van der Waals surface area contributed by atoms with Crippen LogP contribution in [0.1, 0.15) is 39.0 Å². The molecule has 0 spiro atoms. The van der Waals surface area contributed by atoms with E-state index in [0.717, 1.165) is 25.7 Å². The van der Waals surface area contributed by atoms with Gasteiger partial charge in [-0.1, -0.05) is 13.3 Å². The van der Waals surface area contributed by atoms with Crippen molar-refractivity contribution < 1.29 is 9.53 Å². The zero-order chi connectivity index (χ0) is 9.23. The lowest BCUT2D eigenvalue weighted by molar-refractivity contribution is -0.143. The van der Waals surface area contributed by atoms with E-state index in [1.54, 1.807) is 0 Å². The highest BCUT2D eigenvalue weighted by Gasteiger charge is 2.00. The van der Waals surface area contributed by atoms with E-state index >= 15 is 0 Å². The molecule has 0 radical (unpaired) electrons. The van der Waals surface area contributed by atoms with Crippen molar-refractivity contribution in [3.8, 4) is 0 Å². The van der Waals surface area contributed by atoms with E-state index in [2.05, 4.69) is 6.92 Å². The largest absolute Gasteiger partial charge is 0.466 e. The van der Waals surface area contributed by atoms with Gasteiger partial charge < -0.3 is 4.74 Å². The molecule has 0 aromatic rings. The third-order valence-corrected chi connectivity index (χ3v) is 1.79. The Morgan fingerprint density at radius 3 is 2.67 bits per heavy atom. The molecular weight excluding hydrogens is 176 g/mol. The van der Waals surface area contributed by atoms with Crippen LogP contribution < -0.4 is 0 Å². The molecule has 0 fully saturated rings. The third-order valence-electron chi connectivity index (χ3n) is 1.53. The highest BCUT2D eigenvalue weighted by molar-refractivity contribution is 6.17. The Hall–Kier alpha value is -0.240. The third kappa shape index (κ3) is 7.86. The van der Waals surface area contributed by atoms with Crippen molar-refractivity contribution in [3.63, 3.8) is 0 Å². The lowest BCUT2D eigenvalue weighted by atomic mass is 10.2. The van der Waals surface area contributed by atoms with Gasteiger partial charge in [-0.25, -0.2) is 0 Å². The minimum atomic E-state index is -0.0893. The van der Waals surface area contributed by atoms with E-state index < -0.39 is 0 Å². The molecule has 0 rings (SSSR count). The Kier molecular flexibility index (Phi) is 8.68. The molecule has 0 bridgehead atoms. The molecule has 0 N–H and O–H groups in total. The van der Waals surface area contributed by atoms with E-state index in [4.69, 9.17) is 16.3 Å². The van der Waals surface area contributed by atoms with Gasteiger partial charge in [-0.15, -0.1) is 11.6 Å². The molecule has 0 amide bonds. The zero-order valence-electron chi connectivity index (χ0n) is 7.64. The van der Waals surface area contributed by atoms with Gasteiger partial charge in [0.2, 0.25) is 0 Å². The fourth-order valence-corrected chi connectivity index (χ4v) is 0.955. The van der Waals surface area contributed by atoms with Gasteiger partial charge in [-0.05, 0) is 19.3 Å². The molecule has 0 aliphatic heterocycles. The number of ether oxygens (including phenoxy) is 1. The molecule has 0 saturated carbocycles. The maximum absolute atomic E-state index is 10.9. The second kappa shape index (κ2) is 8.85. The van der Waals surface area contributed by atoms with Gasteiger partial charge in [-0.3, -0.25) is 4.79 Å². The van der Waals surface area contributed by atoms with Gasteiger partial charge in [0.1, 0.15) is 0 Å². The fraction of sp³-hybridized carbons (Fsp3) is 0.889. The summed E-state index contributed by atoms with van der Waals surface area (Å²) in [5, 5.41) is 0. The average molecular weight is 193 g/mol. The van der Waals surface area contributed by atoms with E-state index in [1.807, 2.05) is 0 Å². The lowest BCUT2D eigenvalue weighted by Gasteiger charge is -2.02. The summed E-state index contributed by atoms with van der Waals surface area (Å²) < 4.78 is 4.95. The first-order valence-corrected chi connectivity index (χ1v) is 5.06. The van der Waals surface area contributed by atoms with Gasteiger partial charge in [0, 0.05) is 12.3 Å². The van der Waals surface area contributed by atoms with Gasteiger partial charge in [0.05, 0.1) is 6.61 Å². The number of rotatable bonds is 7. The number of hydrogen-bond donors (Lipinski definition) is 0. The van der Waals surface area contributed by atoms with Gasteiger partial charge in [0.15, 0.2) is 0 Å². The minimum Gasteiger partial charge on any atom is -0.466 e. The van der Waals surface area contributed by atoms with Crippen LogP contribution in [0.3, 0.4) is 0 Å². The van der Waals surface area contributed by atoms with Crippen LogP contribution in [0.2, 0.25) is 0 Å². The van der Waals surface area contributed by atoms with Crippen LogP contribution in [0, 0.1) is 0 Å². The molecule has 0 aliphatic rings. The SMILES string of the molecule is CCCCOC(=O)CCCCCl. The first-order chi connectivity index (χ1) is 5.81. The van der Waals surface area contributed by atoms with Crippen LogP contribution in [-0.4, -0.2) is 18.5 Å². The standard InChI is InChI=1S/C9H17ClO2/c1-2-3-8-12-9(11)6-4-5-7-10/h2-8H2,1H3. The smallest absolute Gasteiger partial charge is 0.305 e. The van der Waals surface area contributed by atoms with Crippen LogP contribution in [-0.2, 0) is 9.53 Å². The second-order valence-electron chi connectivity index (χ2n) is 2.72. The van der Waals surface area contributed by atoms with E-state index in [1.165, 1.54) is 0 Å². The molecule has 0 aromatic heterocycles. The maximum Gasteiger partial charge on any atom is 0.305 e. The Morgan fingerprint density at radius 2 is 2.08 bits per heavy atom. The van der Waals surface area contributed by atoms with Crippen LogP contribution >= 0.6 is 11.6 Å². The molecular formula is C9H17ClO2. The molecule has 0 aromatic carbocycles. The maximum atomic E-state index is 10.9. The predicted molar refractivity (Wildman–Crippen MR) is 50.4 cm³/mol. The summed E-state index contributed by atoms with van der Waals surface area (Å²) in [5.74, 6) is 0.538. The number of carbonyl (C=O) groups excluding carboxylic acids is 1. The van der Waals surface area contributed by atoms with Crippen molar-refractivity contribution in [2.75, 3.05) is 12.5 Å². The van der Waals surface area contributed by atoms with Gasteiger partial charge in [0.25, 0.3) is 0 Å². The number of halogens is 1. The Balaban J connectivity index is 3.10. The summed E-state index contributed by atoms with van der Waals surface area (Å²) in [6.45, 7) is 2.64. The predicted octanol–water partition coefficient (Wildman–Crippen LogP) is 2.74. The second-order valence-corrected chi connectivity index (χ2v) is 3.10. The number of hydrogen-bond acceptors (Lipinski definition) is 2. The van der Waals surface area contributed by atoms with Gasteiger partial charge >= 0.3 is 5.97 Å². The first-order valence-electron chi connectivity index (χ1n) is 4.52. The monoisotopic (exact) mass is 192 g/mol. The summed E-state index contributed by atoms with van der Waals surface area (Å²) in [7, 11) is 0. The zero-order valence-corrected chi connectivity index (χ0v) is 8.40. The summed E-state index contributed by atoms with van der Waals surface area (Å²) in [4.78, 5) is 10.9. The van der Waals surface area contributed by atoms with Gasteiger partial charge in [-0.2, -0.15) is 0 Å². The molecule has 3 heteroatoms. The quantitative estimate of drug-likeness (QED) is 0.352. The number of esters is 1. The number of carbonyl (C=O) groups is 1. The van der Waals surface area contributed by atoms with Crippen molar-refractivity contribution >= 4 is 17.6 Å². The molecule has 0 unspecified atom stereocenters. The lowest BCUT2D eigenvalue weighted by Crippen LogP contribution is -2.05. The van der Waals surface area contributed by atoms with E-state index in [9.17, 15) is 4.79 Å². The number of alkyl halides is 1. The Bertz CT molecular complexity index is 103. The molecule has 0 atom stereocenters.